The second-order valence-electron chi connectivity index (χ2n) is 3.11. The number of halogens is 1. The smallest absolute Gasteiger partial charge is 0.276 e. The van der Waals surface area contributed by atoms with Crippen LogP contribution in [0.25, 0.3) is 0 Å². The van der Waals surface area contributed by atoms with Crippen molar-refractivity contribution in [1.82, 2.24) is 10.2 Å². The Hall–Kier alpha value is -1.56. The first-order valence-electron chi connectivity index (χ1n) is 5.12. The Labute approximate surface area is 102 Å². The van der Waals surface area contributed by atoms with E-state index in [1.807, 2.05) is 6.92 Å². The fourth-order valence-electron chi connectivity index (χ4n) is 1.18. The van der Waals surface area contributed by atoms with Crippen LogP contribution < -0.4 is 4.74 Å². The largest absolute Gasteiger partial charge is 0.481 e. The zero-order valence-corrected chi connectivity index (χ0v) is 10.0. The molecule has 1 aromatic carbocycles. The summed E-state index contributed by atoms with van der Waals surface area (Å²) in [5.74, 6) is 0.963. The van der Waals surface area contributed by atoms with Crippen molar-refractivity contribution < 1.29 is 13.5 Å². The van der Waals surface area contributed by atoms with Crippen molar-refractivity contribution >= 4 is 11.8 Å². The summed E-state index contributed by atoms with van der Waals surface area (Å²) in [7, 11) is 0. The van der Waals surface area contributed by atoms with Gasteiger partial charge in [-0.05, 0) is 17.9 Å². The monoisotopic (exact) mass is 254 g/mol. The highest BCUT2D eigenvalue weighted by Gasteiger charge is 2.08. The number of thioether (sulfide) groups is 1. The number of para-hydroxylation sites is 1. The molecule has 0 saturated carbocycles. The third-order valence-corrected chi connectivity index (χ3v) is 2.60. The van der Waals surface area contributed by atoms with Crippen molar-refractivity contribution in [3.05, 3.63) is 36.0 Å². The third kappa shape index (κ3) is 3.20. The Balaban J connectivity index is 1.95. The van der Waals surface area contributed by atoms with E-state index in [1.165, 1.54) is 17.8 Å². The number of rotatable bonds is 5. The number of ether oxygens (including phenoxy) is 1. The molecule has 0 atom stereocenters. The lowest BCUT2D eigenvalue weighted by Crippen LogP contribution is -1.97. The minimum Gasteiger partial charge on any atom is -0.481 e. The van der Waals surface area contributed by atoms with Crippen LogP contribution in [0.15, 0.2) is 33.9 Å². The maximum absolute atomic E-state index is 13.2. The van der Waals surface area contributed by atoms with Crippen LogP contribution in [0.2, 0.25) is 0 Å². The first-order valence-corrected chi connectivity index (χ1v) is 6.10. The number of nitrogens with zero attached hydrogens (tertiary/aromatic N) is 2. The van der Waals surface area contributed by atoms with Gasteiger partial charge >= 0.3 is 0 Å². The molecule has 0 unspecified atom stereocenters. The van der Waals surface area contributed by atoms with Gasteiger partial charge in [-0.2, -0.15) is 0 Å². The Kier molecular flexibility index (Phi) is 3.98. The quantitative estimate of drug-likeness (QED) is 0.768. The van der Waals surface area contributed by atoms with Crippen molar-refractivity contribution in [2.45, 2.75) is 18.8 Å². The summed E-state index contributed by atoms with van der Waals surface area (Å²) in [6.07, 6.45) is 0. The normalized spacial score (nSPS) is 10.5. The molecule has 0 N–H and O–H groups in total. The second-order valence-corrected chi connectivity index (χ2v) is 4.33. The number of aromatic nitrogens is 2. The minimum atomic E-state index is -0.407. The SMILES string of the molecule is CCSc1nnc(COc2ccccc2F)o1. The van der Waals surface area contributed by atoms with Gasteiger partial charge in [0.2, 0.25) is 0 Å². The highest BCUT2D eigenvalue weighted by atomic mass is 32.2. The van der Waals surface area contributed by atoms with Gasteiger partial charge in [-0.15, -0.1) is 10.2 Å². The lowest BCUT2D eigenvalue weighted by atomic mass is 10.3. The predicted molar refractivity (Wildman–Crippen MR) is 61.4 cm³/mol. The first-order chi connectivity index (χ1) is 8.29. The standard InChI is InChI=1S/C11H11FN2O2S/c1-2-17-11-14-13-10(16-11)7-15-9-6-4-3-5-8(9)12/h3-6H,2,7H2,1H3. The number of hydrogen-bond donors (Lipinski definition) is 0. The molecule has 17 heavy (non-hydrogen) atoms. The molecule has 2 rings (SSSR count). The van der Waals surface area contributed by atoms with Crippen LogP contribution in [-0.2, 0) is 6.61 Å². The molecule has 0 spiro atoms. The van der Waals surface area contributed by atoms with Crippen LogP contribution in [0.3, 0.4) is 0 Å². The highest BCUT2D eigenvalue weighted by Crippen LogP contribution is 2.19. The molecule has 0 radical (unpaired) electrons. The summed E-state index contributed by atoms with van der Waals surface area (Å²) in [5, 5.41) is 8.11. The average molecular weight is 254 g/mol. The summed E-state index contributed by atoms with van der Waals surface area (Å²) >= 11 is 1.45. The number of hydrogen-bond acceptors (Lipinski definition) is 5. The summed E-state index contributed by atoms with van der Waals surface area (Å²) in [6.45, 7) is 2.06. The van der Waals surface area contributed by atoms with E-state index in [4.69, 9.17) is 9.15 Å². The zero-order chi connectivity index (χ0) is 12.1. The van der Waals surface area contributed by atoms with Gasteiger partial charge in [0.15, 0.2) is 18.2 Å². The van der Waals surface area contributed by atoms with Gasteiger partial charge in [0.1, 0.15) is 0 Å². The molecule has 4 nitrogen and oxygen atoms in total. The minimum absolute atomic E-state index is 0.0677. The van der Waals surface area contributed by atoms with Crippen molar-refractivity contribution in [1.29, 1.82) is 0 Å². The van der Waals surface area contributed by atoms with Crippen LogP contribution in [0.1, 0.15) is 12.8 Å². The lowest BCUT2D eigenvalue weighted by Gasteiger charge is -2.03. The zero-order valence-electron chi connectivity index (χ0n) is 9.22. The summed E-state index contributed by atoms with van der Waals surface area (Å²) in [4.78, 5) is 0. The van der Waals surface area contributed by atoms with Crippen molar-refractivity contribution in [2.75, 3.05) is 5.75 Å². The van der Waals surface area contributed by atoms with Gasteiger partial charge in [-0.1, -0.05) is 30.8 Å². The summed E-state index contributed by atoms with van der Waals surface area (Å²) < 4.78 is 23.7. The molecule has 1 heterocycles. The van der Waals surface area contributed by atoms with Gasteiger partial charge in [-0.25, -0.2) is 4.39 Å². The Bertz CT molecular complexity index is 490. The average Bonchev–Trinajstić information content (AvgIpc) is 2.76. The maximum atomic E-state index is 13.2. The molecule has 0 amide bonds. The van der Waals surface area contributed by atoms with Gasteiger partial charge in [0.25, 0.3) is 11.1 Å². The van der Waals surface area contributed by atoms with Gasteiger partial charge in [0, 0.05) is 0 Å². The number of benzene rings is 1. The van der Waals surface area contributed by atoms with Crippen LogP contribution >= 0.6 is 11.8 Å². The fourth-order valence-corrected chi connectivity index (χ4v) is 1.68. The molecule has 90 valence electrons. The maximum Gasteiger partial charge on any atom is 0.276 e. The topological polar surface area (TPSA) is 48.2 Å². The summed E-state index contributed by atoms with van der Waals surface area (Å²) in [6, 6.07) is 6.18. The van der Waals surface area contributed by atoms with Crippen LogP contribution in [0, 0.1) is 5.82 Å². The van der Waals surface area contributed by atoms with E-state index in [0.29, 0.717) is 11.1 Å². The molecule has 6 heteroatoms. The Morgan fingerprint density at radius 1 is 1.35 bits per heavy atom. The molecule has 2 aromatic rings. The molecule has 0 fully saturated rings. The molecular weight excluding hydrogens is 243 g/mol. The second kappa shape index (κ2) is 5.67. The highest BCUT2D eigenvalue weighted by molar-refractivity contribution is 7.99. The van der Waals surface area contributed by atoms with E-state index < -0.39 is 5.82 Å². The van der Waals surface area contributed by atoms with E-state index in [2.05, 4.69) is 10.2 Å². The Morgan fingerprint density at radius 2 is 2.18 bits per heavy atom. The predicted octanol–water partition coefficient (Wildman–Crippen LogP) is 2.90. The first kappa shape index (κ1) is 11.9. The van der Waals surface area contributed by atoms with E-state index in [9.17, 15) is 4.39 Å². The lowest BCUT2D eigenvalue weighted by molar-refractivity contribution is 0.242. The molecule has 0 saturated heterocycles. The third-order valence-electron chi connectivity index (χ3n) is 1.90. The van der Waals surface area contributed by atoms with Gasteiger partial charge in [-0.3, -0.25) is 0 Å². The van der Waals surface area contributed by atoms with Crippen molar-refractivity contribution in [3.8, 4) is 5.75 Å². The molecule has 0 aliphatic heterocycles. The molecular formula is C11H11FN2O2S. The van der Waals surface area contributed by atoms with Crippen molar-refractivity contribution in [3.63, 3.8) is 0 Å². The van der Waals surface area contributed by atoms with Crippen LogP contribution in [0.5, 0.6) is 5.75 Å². The van der Waals surface area contributed by atoms with Gasteiger partial charge in [0.05, 0.1) is 0 Å². The van der Waals surface area contributed by atoms with E-state index >= 15 is 0 Å². The van der Waals surface area contributed by atoms with E-state index in [0.717, 1.165) is 5.75 Å². The van der Waals surface area contributed by atoms with E-state index in [1.54, 1.807) is 18.2 Å². The van der Waals surface area contributed by atoms with Gasteiger partial charge < -0.3 is 9.15 Å². The molecule has 0 aliphatic carbocycles. The van der Waals surface area contributed by atoms with Crippen LogP contribution in [0.4, 0.5) is 4.39 Å². The van der Waals surface area contributed by atoms with Crippen LogP contribution in [-0.4, -0.2) is 16.0 Å². The fraction of sp³-hybridized carbons (Fsp3) is 0.273. The molecule has 0 aliphatic rings. The summed E-state index contributed by atoms with van der Waals surface area (Å²) in [5.41, 5.74) is 0. The van der Waals surface area contributed by atoms with E-state index in [-0.39, 0.29) is 12.4 Å². The van der Waals surface area contributed by atoms with Crippen molar-refractivity contribution in [2.24, 2.45) is 0 Å². The molecule has 0 bridgehead atoms. The Morgan fingerprint density at radius 3 is 2.94 bits per heavy atom. The molecule has 1 aromatic heterocycles.